The fourth-order valence-electron chi connectivity index (χ4n) is 8.49. The molecule has 0 aliphatic rings. The Balaban J connectivity index is 4.15. The Kier molecular flexibility index (Phi) is 47.6. The van der Waals surface area contributed by atoms with Crippen LogP contribution in [0.25, 0.3) is 0 Å². The summed E-state index contributed by atoms with van der Waals surface area (Å²) in [6, 6.07) is 0. The van der Waals surface area contributed by atoms with Crippen LogP contribution in [0.4, 0.5) is 0 Å². The molecule has 1 unspecified atom stereocenters. The molecule has 62 heavy (non-hydrogen) atoms. The predicted octanol–water partition coefficient (Wildman–Crippen LogP) is 18.1. The van der Waals surface area contributed by atoms with Crippen LogP contribution in [0.5, 0.6) is 0 Å². The minimum Gasteiger partial charge on any atom is -0.462 e. The lowest BCUT2D eigenvalue weighted by atomic mass is 9.99. The molecular weight excluding hydrogens is 769 g/mol. The standard InChI is InChI=1S/C56H108O6/c1-6-8-9-10-11-24-33-38-43-48-56(59)62-53(50-61-55(58)47-42-37-32-28-23-22-25-29-34-39-44-51(3)4)49-60-54(57)46-41-36-31-27-21-19-17-15-13-12-14-16-18-20-26-30-35-40-45-52(5)7-2/h51-53H,6-50H2,1-5H3/t52?,53-/m0/s1. The van der Waals surface area contributed by atoms with E-state index in [-0.39, 0.29) is 31.1 Å². The molecule has 0 bridgehead atoms. The van der Waals surface area contributed by atoms with Crippen molar-refractivity contribution in [1.29, 1.82) is 0 Å². The first-order valence-corrected chi connectivity index (χ1v) is 27.8. The van der Waals surface area contributed by atoms with Crippen molar-refractivity contribution in [3.8, 4) is 0 Å². The average Bonchev–Trinajstić information content (AvgIpc) is 3.26. The third-order valence-corrected chi connectivity index (χ3v) is 13.1. The van der Waals surface area contributed by atoms with Gasteiger partial charge in [0.15, 0.2) is 6.10 Å². The van der Waals surface area contributed by atoms with Crippen molar-refractivity contribution in [1.82, 2.24) is 0 Å². The smallest absolute Gasteiger partial charge is 0.306 e. The third-order valence-electron chi connectivity index (χ3n) is 13.1. The normalized spacial score (nSPS) is 12.5. The average molecular weight is 877 g/mol. The molecule has 6 nitrogen and oxygen atoms in total. The summed E-state index contributed by atoms with van der Waals surface area (Å²) < 4.78 is 16.8. The molecule has 0 spiro atoms. The molecule has 0 amide bonds. The molecular formula is C56H108O6. The molecule has 0 fully saturated rings. The van der Waals surface area contributed by atoms with Gasteiger partial charge in [-0.05, 0) is 31.1 Å². The third kappa shape index (κ3) is 47.9. The number of esters is 3. The number of hydrogen-bond donors (Lipinski definition) is 0. The molecule has 0 saturated heterocycles. The largest absolute Gasteiger partial charge is 0.462 e. The summed E-state index contributed by atoms with van der Waals surface area (Å²) in [5.41, 5.74) is 0. The van der Waals surface area contributed by atoms with Crippen LogP contribution >= 0.6 is 0 Å². The van der Waals surface area contributed by atoms with Crippen LogP contribution in [0.15, 0.2) is 0 Å². The van der Waals surface area contributed by atoms with E-state index in [0.717, 1.165) is 69.6 Å². The summed E-state index contributed by atoms with van der Waals surface area (Å²) in [4.78, 5) is 37.9. The van der Waals surface area contributed by atoms with E-state index in [9.17, 15) is 14.4 Å². The molecule has 2 atom stereocenters. The van der Waals surface area contributed by atoms with Gasteiger partial charge in [-0.1, -0.05) is 272 Å². The number of unbranched alkanes of at least 4 members (excludes halogenated alkanes) is 34. The molecule has 0 aromatic heterocycles. The lowest BCUT2D eigenvalue weighted by molar-refractivity contribution is -0.167. The van der Waals surface area contributed by atoms with E-state index in [2.05, 4.69) is 34.6 Å². The van der Waals surface area contributed by atoms with Gasteiger partial charge in [-0.15, -0.1) is 0 Å². The lowest BCUT2D eigenvalue weighted by Gasteiger charge is -2.18. The highest BCUT2D eigenvalue weighted by Crippen LogP contribution is 2.18. The summed E-state index contributed by atoms with van der Waals surface area (Å²) in [6.45, 7) is 11.4. The summed E-state index contributed by atoms with van der Waals surface area (Å²) in [7, 11) is 0. The molecule has 0 N–H and O–H groups in total. The van der Waals surface area contributed by atoms with E-state index in [1.807, 2.05) is 0 Å². The van der Waals surface area contributed by atoms with Gasteiger partial charge in [0, 0.05) is 19.3 Å². The van der Waals surface area contributed by atoms with Crippen molar-refractivity contribution in [2.45, 2.75) is 317 Å². The maximum atomic E-state index is 12.7. The van der Waals surface area contributed by atoms with Gasteiger partial charge in [-0.25, -0.2) is 0 Å². The van der Waals surface area contributed by atoms with Crippen molar-refractivity contribution >= 4 is 17.9 Å². The Hall–Kier alpha value is -1.59. The summed E-state index contributed by atoms with van der Waals surface area (Å²) in [5, 5.41) is 0. The zero-order chi connectivity index (χ0) is 45.4. The van der Waals surface area contributed by atoms with Crippen LogP contribution in [0.2, 0.25) is 0 Å². The van der Waals surface area contributed by atoms with Crippen molar-refractivity contribution in [2.75, 3.05) is 13.2 Å². The number of hydrogen-bond acceptors (Lipinski definition) is 6. The maximum Gasteiger partial charge on any atom is 0.306 e. The van der Waals surface area contributed by atoms with E-state index in [1.54, 1.807) is 0 Å². The van der Waals surface area contributed by atoms with Gasteiger partial charge in [0.1, 0.15) is 13.2 Å². The van der Waals surface area contributed by atoms with Crippen LogP contribution in [0.3, 0.4) is 0 Å². The number of carbonyl (C=O) groups excluding carboxylic acids is 3. The first-order chi connectivity index (χ1) is 30.3. The van der Waals surface area contributed by atoms with E-state index in [4.69, 9.17) is 14.2 Å². The zero-order valence-electron chi connectivity index (χ0n) is 42.5. The van der Waals surface area contributed by atoms with Gasteiger partial charge < -0.3 is 14.2 Å². The fraction of sp³-hybridized carbons (Fsp3) is 0.946. The van der Waals surface area contributed by atoms with Crippen molar-refractivity contribution in [3.63, 3.8) is 0 Å². The number of rotatable bonds is 50. The minimum absolute atomic E-state index is 0.0634. The van der Waals surface area contributed by atoms with Crippen LogP contribution in [-0.4, -0.2) is 37.2 Å². The zero-order valence-corrected chi connectivity index (χ0v) is 42.5. The van der Waals surface area contributed by atoms with E-state index >= 15 is 0 Å². The summed E-state index contributed by atoms with van der Waals surface area (Å²) in [5.74, 6) is 0.881. The van der Waals surface area contributed by atoms with Crippen molar-refractivity contribution in [2.24, 2.45) is 11.8 Å². The minimum atomic E-state index is -0.761. The molecule has 0 heterocycles. The second kappa shape index (κ2) is 48.9. The lowest BCUT2D eigenvalue weighted by Crippen LogP contribution is -2.30. The fourth-order valence-corrected chi connectivity index (χ4v) is 8.49. The molecule has 0 radical (unpaired) electrons. The quantitative estimate of drug-likeness (QED) is 0.0344. The van der Waals surface area contributed by atoms with Crippen LogP contribution in [0.1, 0.15) is 311 Å². The molecule has 0 aliphatic carbocycles. The molecule has 0 saturated carbocycles. The SMILES string of the molecule is CCCCCCCCCCCC(=O)O[C@@H](COC(=O)CCCCCCCCCCCCCCCCCCCCC(C)CC)COC(=O)CCCCCCCCCCCCC(C)C. The molecule has 0 rings (SSSR count). The van der Waals surface area contributed by atoms with E-state index < -0.39 is 6.10 Å². The monoisotopic (exact) mass is 877 g/mol. The Bertz CT molecular complexity index is 949. The van der Waals surface area contributed by atoms with Gasteiger partial charge in [0.2, 0.25) is 0 Å². The Morgan fingerprint density at radius 1 is 0.339 bits per heavy atom. The van der Waals surface area contributed by atoms with Gasteiger partial charge >= 0.3 is 17.9 Å². The van der Waals surface area contributed by atoms with Crippen LogP contribution in [0, 0.1) is 11.8 Å². The maximum absolute atomic E-state index is 12.7. The number of carbonyl (C=O) groups is 3. The highest BCUT2D eigenvalue weighted by molar-refractivity contribution is 5.71. The van der Waals surface area contributed by atoms with Gasteiger partial charge in [0.25, 0.3) is 0 Å². The molecule has 368 valence electrons. The predicted molar refractivity (Wildman–Crippen MR) is 266 cm³/mol. The van der Waals surface area contributed by atoms with E-state index in [1.165, 1.54) is 199 Å². The summed E-state index contributed by atoms with van der Waals surface area (Å²) >= 11 is 0. The van der Waals surface area contributed by atoms with Crippen molar-refractivity contribution < 1.29 is 28.6 Å². The molecule has 6 heteroatoms. The van der Waals surface area contributed by atoms with Gasteiger partial charge in [-0.2, -0.15) is 0 Å². The summed E-state index contributed by atoms with van der Waals surface area (Å²) in [6.07, 6.45) is 51.0. The van der Waals surface area contributed by atoms with E-state index in [0.29, 0.717) is 19.3 Å². The highest BCUT2D eigenvalue weighted by atomic mass is 16.6. The first kappa shape index (κ1) is 60.4. The Morgan fingerprint density at radius 2 is 0.613 bits per heavy atom. The second-order valence-electron chi connectivity index (χ2n) is 19.9. The van der Waals surface area contributed by atoms with Crippen LogP contribution < -0.4 is 0 Å². The highest BCUT2D eigenvalue weighted by Gasteiger charge is 2.19. The first-order valence-electron chi connectivity index (χ1n) is 27.8. The van der Waals surface area contributed by atoms with Crippen LogP contribution in [-0.2, 0) is 28.6 Å². The topological polar surface area (TPSA) is 78.9 Å². The Morgan fingerprint density at radius 3 is 0.919 bits per heavy atom. The van der Waals surface area contributed by atoms with Crippen molar-refractivity contribution in [3.05, 3.63) is 0 Å². The Labute approximate surface area is 387 Å². The molecule has 0 aromatic carbocycles. The number of ether oxygens (including phenoxy) is 3. The second-order valence-corrected chi connectivity index (χ2v) is 19.9. The molecule has 0 aromatic rings. The molecule has 0 aliphatic heterocycles. The van der Waals surface area contributed by atoms with Gasteiger partial charge in [-0.3, -0.25) is 14.4 Å². The van der Waals surface area contributed by atoms with Gasteiger partial charge in [0.05, 0.1) is 0 Å².